The fourth-order valence-corrected chi connectivity index (χ4v) is 5.55. The summed E-state index contributed by atoms with van der Waals surface area (Å²) in [7, 11) is 0. The molecule has 0 N–H and O–H groups in total. The Morgan fingerprint density at radius 2 is 1.76 bits per heavy atom. The number of rotatable bonds is 6. The number of likely N-dealkylation sites (N-methyl/N-ethyl adjacent to an activating group) is 1. The summed E-state index contributed by atoms with van der Waals surface area (Å²) in [6, 6.07) is 11.9. The molecule has 0 saturated carbocycles. The quantitative estimate of drug-likeness (QED) is 0.339. The van der Waals surface area contributed by atoms with Gasteiger partial charge < -0.3 is 4.74 Å². The maximum absolute atomic E-state index is 12.7. The number of carbonyl (C=O) groups is 1. The molecule has 1 heterocycles. The van der Waals surface area contributed by atoms with Gasteiger partial charge in [-0.25, -0.2) is 0 Å². The van der Waals surface area contributed by atoms with Crippen molar-refractivity contribution in [2.24, 2.45) is 4.99 Å². The van der Waals surface area contributed by atoms with Crippen LogP contribution in [0.5, 0.6) is 5.75 Å². The lowest BCUT2D eigenvalue weighted by atomic mass is 10.2. The SMILES string of the molecule is CCN=C1S/C(=C/c2cc(Br)c(OCc3ccc(Br)cc3)c(Br)c2)C(=O)N1CC. The summed E-state index contributed by atoms with van der Waals surface area (Å²) in [4.78, 5) is 19.5. The van der Waals surface area contributed by atoms with E-state index in [0.29, 0.717) is 24.6 Å². The van der Waals surface area contributed by atoms with Crippen molar-refractivity contribution in [2.75, 3.05) is 13.1 Å². The Kier molecular flexibility index (Phi) is 8.01. The third-order valence-corrected chi connectivity index (χ3v) is 6.86. The van der Waals surface area contributed by atoms with E-state index in [2.05, 4.69) is 52.8 Å². The summed E-state index contributed by atoms with van der Waals surface area (Å²) in [5.74, 6) is 0.719. The summed E-state index contributed by atoms with van der Waals surface area (Å²) >= 11 is 12.0. The van der Waals surface area contributed by atoms with Gasteiger partial charge in [0, 0.05) is 17.6 Å². The minimum atomic E-state index is -0.00694. The number of amidine groups is 1. The smallest absolute Gasteiger partial charge is 0.266 e. The second-order valence-electron chi connectivity index (χ2n) is 6.15. The van der Waals surface area contributed by atoms with Crippen LogP contribution in [0.15, 0.2) is 59.7 Å². The van der Waals surface area contributed by atoms with Crippen molar-refractivity contribution < 1.29 is 9.53 Å². The maximum Gasteiger partial charge on any atom is 0.266 e. The Hall–Kier alpha value is -1.09. The van der Waals surface area contributed by atoms with Gasteiger partial charge >= 0.3 is 0 Å². The van der Waals surface area contributed by atoms with Crippen molar-refractivity contribution in [1.82, 2.24) is 4.90 Å². The van der Waals surface area contributed by atoms with Crippen molar-refractivity contribution in [2.45, 2.75) is 20.5 Å². The molecule has 2 aromatic carbocycles. The number of amides is 1. The first-order valence-electron chi connectivity index (χ1n) is 9.05. The van der Waals surface area contributed by atoms with Crippen molar-refractivity contribution in [3.8, 4) is 5.75 Å². The highest BCUT2D eigenvalue weighted by Crippen LogP contribution is 2.38. The summed E-state index contributed by atoms with van der Waals surface area (Å²) < 4.78 is 8.67. The van der Waals surface area contributed by atoms with Crippen LogP contribution in [-0.2, 0) is 11.4 Å². The minimum absolute atomic E-state index is 0.00694. The molecule has 1 amide bonds. The van der Waals surface area contributed by atoms with E-state index in [0.717, 1.165) is 35.5 Å². The van der Waals surface area contributed by atoms with E-state index in [9.17, 15) is 4.79 Å². The van der Waals surface area contributed by atoms with Crippen molar-refractivity contribution in [3.05, 3.63) is 65.8 Å². The number of carbonyl (C=O) groups excluding carboxylic acids is 1. The van der Waals surface area contributed by atoms with Gasteiger partial charge in [-0.1, -0.05) is 28.1 Å². The van der Waals surface area contributed by atoms with Gasteiger partial charge in [-0.2, -0.15) is 0 Å². The number of halogens is 3. The Morgan fingerprint density at radius 1 is 1.10 bits per heavy atom. The van der Waals surface area contributed by atoms with Crippen molar-refractivity contribution >= 4 is 76.7 Å². The Balaban J connectivity index is 1.80. The average Bonchev–Trinajstić information content (AvgIpc) is 2.97. The standard InChI is InChI=1S/C21H19Br3N2O2S/c1-3-25-21-26(4-2)20(27)18(29-21)11-14-9-16(23)19(17(24)10-14)28-12-13-5-7-15(22)8-6-13/h5-11H,3-4,12H2,1-2H3/b18-11+,25-21?. The molecule has 0 unspecified atom stereocenters. The summed E-state index contributed by atoms with van der Waals surface area (Å²) in [6.45, 7) is 5.65. The third kappa shape index (κ3) is 5.54. The fraction of sp³-hybridized carbons (Fsp3) is 0.238. The monoisotopic (exact) mass is 600 g/mol. The largest absolute Gasteiger partial charge is 0.487 e. The first-order valence-corrected chi connectivity index (χ1v) is 12.2. The topological polar surface area (TPSA) is 41.9 Å². The van der Waals surface area contributed by atoms with Crippen LogP contribution in [0.25, 0.3) is 6.08 Å². The van der Waals surface area contributed by atoms with E-state index in [1.165, 1.54) is 11.8 Å². The zero-order chi connectivity index (χ0) is 21.0. The first-order chi connectivity index (χ1) is 13.9. The molecule has 8 heteroatoms. The number of hydrogen-bond donors (Lipinski definition) is 0. The second kappa shape index (κ2) is 10.3. The molecule has 1 saturated heterocycles. The molecule has 0 bridgehead atoms. The molecule has 1 aliphatic rings. The van der Waals surface area contributed by atoms with Crippen LogP contribution >= 0.6 is 59.6 Å². The zero-order valence-electron chi connectivity index (χ0n) is 15.9. The molecule has 152 valence electrons. The summed E-state index contributed by atoms with van der Waals surface area (Å²) in [6.07, 6.45) is 1.89. The molecular formula is C21H19Br3N2O2S. The number of ether oxygens (including phenoxy) is 1. The molecule has 0 atom stereocenters. The molecule has 0 spiro atoms. The van der Waals surface area contributed by atoms with Crippen LogP contribution in [-0.4, -0.2) is 29.1 Å². The minimum Gasteiger partial charge on any atom is -0.487 e. The number of benzene rings is 2. The van der Waals surface area contributed by atoms with E-state index in [1.54, 1.807) is 4.90 Å². The van der Waals surface area contributed by atoms with Gasteiger partial charge in [0.2, 0.25) is 0 Å². The zero-order valence-corrected chi connectivity index (χ0v) is 21.5. The highest BCUT2D eigenvalue weighted by Gasteiger charge is 2.31. The first kappa shape index (κ1) is 22.6. The Bertz CT molecular complexity index is 951. The van der Waals surface area contributed by atoms with Gasteiger partial charge in [0.1, 0.15) is 12.4 Å². The fourth-order valence-electron chi connectivity index (χ4n) is 2.73. The van der Waals surface area contributed by atoms with E-state index in [1.807, 2.05) is 56.3 Å². The predicted octanol–water partition coefficient (Wildman–Crippen LogP) is 6.87. The summed E-state index contributed by atoms with van der Waals surface area (Å²) in [5, 5.41) is 0.763. The molecule has 1 aliphatic heterocycles. The number of aliphatic imine (C=N–C) groups is 1. The lowest BCUT2D eigenvalue weighted by Crippen LogP contribution is -2.28. The molecule has 0 aliphatic carbocycles. The lowest BCUT2D eigenvalue weighted by molar-refractivity contribution is -0.122. The highest BCUT2D eigenvalue weighted by molar-refractivity contribution is 9.11. The van der Waals surface area contributed by atoms with Crippen molar-refractivity contribution in [3.63, 3.8) is 0 Å². The van der Waals surface area contributed by atoms with E-state index in [4.69, 9.17) is 4.74 Å². The third-order valence-electron chi connectivity index (χ3n) is 4.11. The van der Waals surface area contributed by atoms with Crippen LogP contribution in [0, 0.1) is 0 Å². The number of hydrogen-bond acceptors (Lipinski definition) is 4. The molecule has 1 fully saturated rings. The lowest BCUT2D eigenvalue weighted by Gasteiger charge is -2.12. The average molecular weight is 603 g/mol. The normalized spacial score (nSPS) is 16.9. The van der Waals surface area contributed by atoms with E-state index < -0.39 is 0 Å². The van der Waals surface area contributed by atoms with Crippen molar-refractivity contribution in [1.29, 1.82) is 0 Å². The molecule has 4 nitrogen and oxygen atoms in total. The Labute approximate surface area is 200 Å². The molecular weight excluding hydrogens is 584 g/mol. The second-order valence-corrected chi connectivity index (χ2v) is 9.78. The number of nitrogens with zero attached hydrogens (tertiary/aromatic N) is 2. The van der Waals surface area contributed by atoms with Gasteiger partial charge in [-0.05, 0) is 98.9 Å². The van der Waals surface area contributed by atoms with Gasteiger partial charge in [0.05, 0.1) is 13.9 Å². The molecule has 2 aromatic rings. The molecule has 29 heavy (non-hydrogen) atoms. The molecule has 3 rings (SSSR count). The predicted molar refractivity (Wildman–Crippen MR) is 131 cm³/mol. The molecule has 0 aromatic heterocycles. The van der Waals surface area contributed by atoms with Crippen LogP contribution in [0.3, 0.4) is 0 Å². The van der Waals surface area contributed by atoms with Gasteiger partial charge in [0.15, 0.2) is 5.17 Å². The summed E-state index contributed by atoms with van der Waals surface area (Å²) in [5.41, 5.74) is 1.98. The highest BCUT2D eigenvalue weighted by atomic mass is 79.9. The van der Waals surface area contributed by atoms with E-state index >= 15 is 0 Å². The molecule has 0 radical (unpaired) electrons. The van der Waals surface area contributed by atoms with Crippen LogP contribution < -0.4 is 4.74 Å². The van der Waals surface area contributed by atoms with E-state index in [-0.39, 0.29) is 5.91 Å². The van der Waals surface area contributed by atoms with Crippen LogP contribution in [0.4, 0.5) is 0 Å². The van der Waals surface area contributed by atoms with Crippen LogP contribution in [0.1, 0.15) is 25.0 Å². The Morgan fingerprint density at radius 3 is 2.34 bits per heavy atom. The maximum atomic E-state index is 12.7. The van der Waals surface area contributed by atoms with Gasteiger partial charge in [0.25, 0.3) is 5.91 Å². The van der Waals surface area contributed by atoms with Gasteiger partial charge in [-0.15, -0.1) is 0 Å². The van der Waals surface area contributed by atoms with Crippen LogP contribution in [0.2, 0.25) is 0 Å². The van der Waals surface area contributed by atoms with Gasteiger partial charge in [-0.3, -0.25) is 14.7 Å². The number of thioether (sulfide) groups is 1.